The molecule has 0 aliphatic carbocycles. The van der Waals surface area contributed by atoms with Crippen molar-refractivity contribution >= 4 is 17.3 Å². The Labute approximate surface area is 167 Å². The maximum Gasteiger partial charge on any atom is 0.243 e. The largest absolute Gasteiger partial charge is 0.494 e. The zero-order chi connectivity index (χ0) is 20.4. The molecule has 0 fully saturated rings. The molecule has 5 heteroatoms. The fourth-order valence-electron chi connectivity index (χ4n) is 2.38. The van der Waals surface area contributed by atoms with E-state index >= 15 is 0 Å². The molecular weight excluding hydrogens is 352 g/mol. The average molecular weight is 383 g/mol. The molecule has 0 atom stereocenters. The van der Waals surface area contributed by atoms with Gasteiger partial charge < -0.3 is 20.1 Å². The van der Waals surface area contributed by atoms with Gasteiger partial charge in [-0.3, -0.25) is 4.79 Å². The molecule has 0 saturated carbocycles. The van der Waals surface area contributed by atoms with E-state index in [2.05, 4.69) is 31.1 Å². The Kier molecular flexibility index (Phi) is 8.40. The summed E-state index contributed by atoms with van der Waals surface area (Å²) in [4.78, 5) is 12.3. The molecule has 0 aromatic heterocycles. The molecule has 0 heterocycles. The monoisotopic (exact) mass is 382 g/mol. The number of carbonyl (C=O) groups is 1. The first-order valence-electron chi connectivity index (χ1n) is 9.57. The Morgan fingerprint density at radius 1 is 1.11 bits per heavy atom. The number of anilines is 2. The number of carbonyl (C=O) groups excluding carboxylic acids is 1. The van der Waals surface area contributed by atoms with Gasteiger partial charge in [0.15, 0.2) is 0 Å². The highest BCUT2D eigenvalue weighted by Crippen LogP contribution is 2.24. The van der Waals surface area contributed by atoms with Crippen LogP contribution in [0.25, 0.3) is 0 Å². The Morgan fingerprint density at radius 2 is 1.89 bits per heavy atom. The quantitative estimate of drug-likeness (QED) is 0.530. The molecule has 5 nitrogen and oxygen atoms in total. The van der Waals surface area contributed by atoms with Crippen molar-refractivity contribution in [1.29, 1.82) is 0 Å². The summed E-state index contributed by atoms with van der Waals surface area (Å²) in [6, 6.07) is 15.0. The lowest BCUT2D eigenvalue weighted by molar-refractivity contribution is -0.114. The second-order valence-corrected chi connectivity index (χ2v) is 7.20. The molecule has 0 saturated heterocycles. The third-order valence-corrected chi connectivity index (χ3v) is 3.89. The standard InChI is InChI=1S/C23H30N2O3/c1-17(2)12-13-27-20-9-7-8-19(14-20)24-15-23(26)25-21-10-5-6-11-22(21)28-16-18(3)4/h5-11,14,17,24H,3,12-13,15-16H2,1-2,4H3,(H,25,26). The van der Waals surface area contributed by atoms with E-state index in [0.29, 0.717) is 30.6 Å². The van der Waals surface area contributed by atoms with E-state index in [1.807, 2.05) is 55.5 Å². The summed E-state index contributed by atoms with van der Waals surface area (Å²) in [5, 5.41) is 6.01. The molecule has 2 N–H and O–H groups in total. The van der Waals surface area contributed by atoms with Crippen LogP contribution in [0.2, 0.25) is 0 Å². The van der Waals surface area contributed by atoms with Crippen LogP contribution in [0.1, 0.15) is 27.2 Å². The van der Waals surface area contributed by atoms with Crippen LogP contribution in [0.4, 0.5) is 11.4 Å². The van der Waals surface area contributed by atoms with Crippen LogP contribution in [-0.4, -0.2) is 25.7 Å². The third-order valence-electron chi connectivity index (χ3n) is 3.89. The molecule has 1 amide bonds. The summed E-state index contributed by atoms with van der Waals surface area (Å²) in [6.45, 7) is 11.3. The molecule has 0 radical (unpaired) electrons. The number of benzene rings is 2. The Hall–Kier alpha value is -2.95. The maximum absolute atomic E-state index is 12.3. The molecule has 0 bridgehead atoms. The number of rotatable bonds is 11. The van der Waals surface area contributed by atoms with Crippen LogP contribution in [0.3, 0.4) is 0 Å². The topological polar surface area (TPSA) is 59.6 Å². The highest BCUT2D eigenvalue weighted by molar-refractivity contribution is 5.95. The zero-order valence-electron chi connectivity index (χ0n) is 17.0. The number of amides is 1. The predicted molar refractivity (Wildman–Crippen MR) is 115 cm³/mol. The Morgan fingerprint density at radius 3 is 2.64 bits per heavy atom. The van der Waals surface area contributed by atoms with Crippen molar-refractivity contribution in [3.8, 4) is 11.5 Å². The summed E-state index contributed by atoms with van der Waals surface area (Å²) in [7, 11) is 0. The summed E-state index contributed by atoms with van der Waals surface area (Å²) in [6.07, 6.45) is 1.01. The molecule has 2 rings (SSSR count). The molecule has 28 heavy (non-hydrogen) atoms. The van der Waals surface area contributed by atoms with Gasteiger partial charge in [0.2, 0.25) is 5.91 Å². The number of hydrogen-bond acceptors (Lipinski definition) is 4. The van der Waals surface area contributed by atoms with Gasteiger partial charge in [-0.05, 0) is 49.1 Å². The number of ether oxygens (including phenoxy) is 2. The lowest BCUT2D eigenvalue weighted by Gasteiger charge is -2.13. The molecule has 0 aliphatic heterocycles. The van der Waals surface area contributed by atoms with Gasteiger partial charge in [0.05, 0.1) is 18.8 Å². The van der Waals surface area contributed by atoms with E-state index in [9.17, 15) is 4.79 Å². The first-order valence-corrected chi connectivity index (χ1v) is 9.57. The fourth-order valence-corrected chi connectivity index (χ4v) is 2.38. The van der Waals surface area contributed by atoms with Crippen molar-refractivity contribution < 1.29 is 14.3 Å². The Bertz CT molecular complexity index is 787. The summed E-state index contributed by atoms with van der Waals surface area (Å²) in [5.41, 5.74) is 2.39. The zero-order valence-corrected chi connectivity index (χ0v) is 17.0. The minimum atomic E-state index is -0.155. The van der Waals surface area contributed by atoms with Crippen LogP contribution in [0, 0.1) is 5.92 Å². The van der Waals surface area contributed by atoms with Gasteiger partial charge in [-0.15, -0.1) is 0 Å². The van der Waals surface area contributed by atoms with Crippen molar-refractivity contribution in [3.63, 3.8) is 0 Å². The minimum Gasteiger partial charge on any atom is -0.494 e. The second kappa shape index (κ2) is 11.0. The molecule has 150 valence electrons. The molecule has 2 aromatic carbocycles. The Balaban J connectivity index is 1.87. The summed E-state index contributed by atoms with van der Waals surface area (Å²) in [5.74, 6) is 1.87. The van der Waals surface area contributed by atoms with Gasteiger partial charge >= 0.3 is 0 Å². The fraction of sp³-hybridized carbons (Fsp3) is 0.348. The van der Waals surface area contributed by atoms with Crippen LogP contribution in [0.5, 0.6) is 11.5 Å². The highest BCUT2D eigenvalue weighted by atomic mass is 16.5. The van der Waals surface area contributed by atoms with Crippen molar-refractivity contribution in [1.82, 2.24) is 0 Å². The van der Waals surface area contributed by atoms with E-state index < -0.39 is 0 Å². The van der Waals surface area contributed by atoms with E-state index in [-0.39, 0.29) is 12.5 Å². The van der Waals surface area contributed by atoms with Gasteiger partial charge in [-0.1, -0.05) is 38.6 Å². The molecule has 0 spiro atoms. The van der Waals surface area contributed by atoms with E-state index in [4.69, 9.17) is 9.47 Å². The van der Waals surface area contributed by atoms with Gasteiger partial charge in [-0.25, -0.2) is 0 Å². The number of nitrogens with one attached hydrogen (secondary N) is 2. The van der Waals surface area contributed by atoms with Gasteiger partial charge in [0, 0.05) is 11.8 Å². The molecule has 2 aromatic rings. The van der Waals surface area contributed by atoms with Gasteiger partial charge in [-0.2, -0.15) is 0 Å². The molecule has 0 unspecified atom stereocenters. The lowest BCUT2D eigenvalue weighted by Crippen LogP contribution is -2.22. The van der Waals surface area contributed by atoms with Crippen LogP contribution in [0.15, 0.2) is 60.7 Å². The first kappa shape index (κ1) is 21.4. The minimum absolute atomic E-state index is 0.143. The van der Waals surface area contributed by atoms with Crippen molar-refractivity contribution in [2.24, 2.45) is 5.92 Å². The van der Waals surface area contributed by atoms with Crippen LogP contribution in [-0.2, 0) is 4.79 Å². The van der Waals surface area contributed by atoms with Crippen LogP contribution >= 0.6 is 0 Å². The summed E-state index contributed by atoms with van der Waals surface area (Å²) >= 11 is 0. The summed E-state index contributed by atoms with van der Waals surface area (Å²) < 4.78 is 11.4. The van der Waals surface area contributed by atoms with E-state index in [1.165, 1.54) is 0 Å². The van der Waals surface area contributed by atoms with Crippen molar-refractivity contribution in [2.75, 3.05) is 30.4 Å². The first-order chi connectivity index (χ1) is 13.4. The van der Waals surface area contributed by atoms with Crippen molar-refractivity contribution in [3.05, 3.63) is 60.7 Å². The predicted octanol–water partition coefficient (Wildman–Crippen LogP) is 5.12. The highest BCUT2D eigenvalue weighted by Gasteiger charge is 2.08. The van der Waals surface area contributed by atoms with Gasteiger partial charge in [0.1, 0.15) is 18.1 Å². The maximum atomic E-state index is 12.3. The van der Waals surface area contributed by atoms with Crippen LogP contribution < -0.4 is 20.1 Å². The third kappa shape index (κ3) is 7.74. The SMILES string of the molecule is C=C(C)COc1ccccc1NC(=O)CNc1cccc(OCCC(C)C)c1. The smallest absolute Gasteiger partial charge is 0.243 e. The van der Waals surface area contributed by atoms with Crippen molar-refractivity contribution in [2.45, 2.75) is 27.2 Å². The van der Waals surface area contributed by atoms with Gasteiger partial charge in [0.25, 0.3) is 0 Å². The molecule has 0 aliphatic rings. The number of hydrogen-bond donors (Lipinski definition) is 2. The second-order valence-electron chi connectivity index (χ2n) is 7.20. The number of para-hydroxylation sites is 2. The average Bonchev–Trinajstić information content (AvgIpc) is 2.66. The van der Waals surface area contributed by atoms with E-state index in [1.54, 1.807) is 0 Å². The lowest BCUT2D eigenvalue weighted by atomic mass is 10.1. The normalized spacial score (nSPS) is 10.4. The molecular formula is C23H30N2O3. The van der Waals surface area contributed by atoms with E-state index in [0.717, 1.165) is 23.4 Å².